The normalized spacial score (nSPS) is 31.5. The Balaban J connectivity index is 0.903. The fourth-order valence-corrected chi connectivity index (χ4v) is 29.0. The van der Waals surface area contributed by atoms with E-state index in [9.17, 15) is 23.5 Å². The molecule has 50 heteroatoms. The minimum absolute atomic E-state index is 0.0104. The van der Waals surface area contributed by atoms with Gasteiger partial charge in [0.05, 0.1) is 133 Å². The van der Waals surface area contributed by atoms with Crippen molar-refractivity contribution >= 4 is 59.4 Å². The van der Waals surface area contributed by atoms with Crippen LogP contribution in [-0.2, 0) is 96.8 Å². The summed E-state index contributed by atoms with van der Waals surface area (Å²) in [6.45, 7) is 16.9. The van der Waals surface area contributed by atoms with Gasteiger partial charge in [-0.3, -0.25) is 55.8 Å². The second-order valence-electron chi connectivity index (χ2n) is 33.0. The molecule has 3 N–H and O–H groups in total. The first kappa shape index (κ1) is 99.6. The Bertz CT molecular complexity index is 4190. The summed E-state index contributed by atoms with van der Waals surface area (Å²) in [5, 5.41) is 0. The molecule has 7 saturated heterocycles. The SMILES string of the molecule is CCP(=O)(OC[C@@H]1CN(P(=O)(OC[C@@H]2CN(P(=O)(OC[C@@H]3CN(P(=O)(OC[C@@H]4CN(P(=O)(OC[C@@H]5CN(P(=O)(OC[C@@H]6CN(P(=O)(OC[C@@H]7CN(C(C)C)C[C@H](C)O7)N(C)C)C[C@H](C)O6)N(C)C)C[C@H](C)O5)N(C)C)C[C@H](n5ccc(N)nc5=O)O4)N(C)C)C[C@H](n4cc(C)c(=O)[nH]c4=O)O3)N(C)C)C[C@H](C)O2)N(C)C)C[C@H](C)O1)N(C)C. The van der Waals surface area contributed by atoms with Crippen LogP contribution in [0.4, 0.5) is 5.82 Å². The van der Waals surface area contributed by atoms with Crippen molar-refractivity contribution in [2.24, 2.45) is 0 Å². The summed E-state index contributed by atoms with van der Waals surface area (Å²) in [4.78, 5) is 49.1. The minimum Gasteiger partial charge on any atom is -0.383 e. The quantitative estimate of drug-likeness (QED) is 0.0848. The Morgan fingerprint density at radius 3 is 0.983 bits per heavy atom. The number of nitrogen functional groups attached to an aromatic ring is 1. The molecule has 0 amide bonds. The summed E-state index contributed by atoms with van der Waals surface area (Å²) in [6.07, 6.45) is -6.98. The molecule has 43 nitrogen and oxygen atoms in total. The van der Waals surface area contributed by atoms with E-state index in [1.54, 1.807) is 126 Å². The van der Waals surface area contributed by atoms with E-state index in [-0.39, 0.29) is 135 Å². The van der Waals surface area contributed by atoms with Crippen molar-refractivity contribution in [2.75, 3.05) is 248 Å². The molecular weight excluding hydrogens is 1680 g/mol. The highest BCUT2D eigenvalue weighted by molar-refractivity contribution is 7.56. The van der Waals surface area contributed by atoms with Gasteiger partial charge in [-0.1, -0.05) is 6.92 Å². The maximum Gasteiger partial charge on any atom is 0.351 e. The average Bonchev–Trinajstić information content (AvgIpc) is 0.777. The van der Waals surface area contributed by atoms with Crippen molar-refractivity contribution in [1.82, 2.24) is 84.7 Å². The van der Waals surface area contributed by atoms with Crippen molar-refractivity contribution in [1.29, 1.82) is 0 Å². The summed E-state index contributed by atoms with van der Waals surface area (Å²) in [6, 6.07) is 1.69. The Morgan fingerprint density at radius 1 is 0.415 bits per heavy atom. The summed E-state index contributed by atoms with van der Waals surface area (Å²) in [5.41, 5.74) is 3.86. The van der Waals surface area contributed by atoms with Crippen molar-refractivity contribution in [3.63, 3.8) is 0 Å². The molecule has 0 aliphatic carbocycles. The monoisotopic (exact) mass is 1820 g/mol. The van der Waals surface area contributed by atoms with Crippen molar-refractivity contribution in [2.45, 2.75) is 154 Å². The van der Waals surface area contributed by atoms with Crippen LogP contribution in [0.15, 0.2) is 32.8 Å². The summed E-state index contributed by atoms with van der Waals surface area (Å²) < 4.78 is 219. The standard InChI is InChI=1S/C68H134N19O24P7/c1-24-112(91,72(10)11)98-42-57-34-80(29-52(6)106-57)114(93,74(14)15)100-44-59-36-83(32-55(9)108-59)116(95,76(18)19)103-48-62-39-85(41-65(111-62)87-27-50(4)66(88)71-68(87)90)118(97,78(22)23)104-47-61-38-84(40-64(110-61)86-26-25-63(69)70-67(86)89)117(96,77(20)21)102-46-60-37-82(31-54(8)109-60)115(94,75(16)17)101-45-58-35-81(30-53(7)107-58)113(92,73(12)13)99-43-56-33-79(49(2)3)28-51(5)105-56/h25-27,49,51-62,64-65H,24,28-48H2,1-23H3,(H2,69,70,89)(H,71,88,90)/t51-,52-,53-,54-,55-,56-,57-,58-,59-,60-,61-,62-,64+,65+,112?,113?,114?,115?,116?,117?,118?/m0/s1. The van der Waals surface area contributed by atoms with Gasteiger partial charge in [0.15, 0.2) is 12.5 Å². The predicted octanol–water partition coefficient (Wildman–Crippen LogP) is 4.85. The number of nitrogens with zero attached hydrogens (tertiary/aromatic N) is 17. The maximum absolute atomic E-state index is 16.2. The molecule has 7 aliphatic rings. The number of rotatable bonds is 38. The van der Waals surface area contributed by atoms with E-state index >= 15 is 22.8 Å². The number of aromatic amines is 1. The molecule has 7 aliphatic heterocycles. The lowest BCUT2D eigenvalue weighted by molar-refractivity contribution is -0.129. The Labute approximate surface area is 695 Å². The molecule has 7 unspecified atom stereocenters. The molecule has 680 valence electrons. The first-order chi connectivity index (χ1) is 55.1. The van der Waals surface area contributed by atoms with Crippen LogP contribution in [0.2, 0.25) is 0 Å². The predicted molar refractivity (Wildman–Crippen MR) is 446 cm³/mol. The summed E-state index contributed by atoms with van der Waals surface area (Å²) in [7, 11) is -4.47. The van der Waals surface area contributed by atoms with Crippen molar-refractivity contribution < 1.29 is 96.8 Å². The molecule has 2 aromatic heterocycles. The molecule has 0 bridgehead atoms. The lowest BCUT2D eigenvalue weighted by Crippen LogP contribution is -2.52. The molecule has 9 heterocycles. The van der Waals surface area contributed by atoms with Crippen LogP contribution in [0.3, 0.4) is 0 Å². The lowest BCUT2D eigenvalue weighted by atomic mass is 10.2. The van der Waals surface area contributed by atoms with Crippen LogP contribution in [0.25, 0.3) is 0 Å². The Hall–Kier alpha value is -2.15. The van der Waals surface area contributed by atoms with Crippen LogP contribution in [0.1, 0.15) is 73.4 Å². The van der Waals surface area contributed by atoms with Crippen LogP contribution < -0.4 is 22.7 Å². The molecular formula is C68H134N19O24P7. The van der Waals surface area contributed by atoms with Gasteiger partial charge in [-0.15, -0.1) is 0 Å². The first-order valence-corrected chi connectivity index (χ1v) is 51.0. The molecule has 0 saturated carbocycles. The molecule has 7 fully saturated rings. The molecule has 118 heavy (non-hydrogen) atoms. The van der Waals surface area contributed by atoms with Crippen LogP contribution in [-0.4, -0.2) is 407 Å². The molecule has 9 rings (SSSR count). The third-order valence-electron chi connectivity index (χ3n) is 21.4. The van der Waals surface area contributed by atoms with Gasteiger partial charge < -0.3 is 70.6 Å². The molecule has 21 atom stereocenters. The number of ether oxygens (including phenoxy) is 7. The van der Waals surface area contributed by atoms with E-state index in [1.165, 1.54) is 76.7 Å². The zero-order chi connectivity index (χ0) is 87.3. The van der Waals surface area contributed by atoms with Crippen molar-refractivity contribution in [3.05, 3.63) is 55.3 Å². The van der Waals surface area contributed by atoms with Gasteiger partial charge in [-0.2, -0.15) is 4.98 Å². The highest BCUT2D eigenvalue weighted by Crippen LogP contribution is 2.61. The van der Waals surface area contributed by atoms with Gasteiger partial charge in [0, 0.05) is 109 Å². The molecule has 2 aromatic rings. The lowest BCUT2D eigenvalue weighted by Gasteiger charge is -2.46. The number of hydrogen-bond acceptors (Lipinski definition) is 27. The van der Waals surface area contributed by atoms with E-state index in [0.29, 0.717) is 19.1 Å². The number of nitrogens with two attached hydrogens (primary N) is 1. The average molecular weight is 1820 g/mol. The molecule has 0 aromatic carbocycles. The summed E-state index contributed by atoms with van der Waals surface area (Å²) in [5.74, 6) is -0.0706. The van der Waals surface area contributed by atoms with Crippen LogP contribution in [0, 0.1) is 6.92 Å². The van der Waals surface area contributed by atoms with E-state index in [2.05, 4.69) is 28.7 Å². The Morgan fingerprint density at radius 2 is 0.695 bits per heavy atom. The van der Waals surface area contributed by atoms with Gasteiger partial charge in [0.2, 0.25) is 0 Å². The zero-order valence-corrected chi connectivity index (χ0v) is 79.3. The first-order valence-electron chi connectivity index (χ1n) is 40.0. The van der Waals surface area contributed by atoms with Gasteiger partial charge >= 0.3 is 57.4 Å². The second kappa shape index (κ2) is 41.7. The van der Waals surface area contributed by atoms with Crippen LogP contribution in [0.5, 0.6) is 0 Å². The van der Waals surface area contributed by atoms with Gasteiger partial charge in [0.1, 0.15) is 5.82 Å². The fraction of sp³-hybridized carbons (Fsp3) is 0.882. The second-order valence-corrected chi connectivity index (χ2v) is 51.6. The molecule has 0 spiro atoms. The van der Waals surface area contributed by atoms with Gasteiger partial charge in [-0.25, -0.2) is 70.3 Å². The van der Waals surface area contributed by atoms with Gasteiger partial charge in [0.25, 0.3) is 13.1 Å². The number of nitrogens with one attached hydrogen (secondary N) is 1. The highest BCUT2D eigenvalue weighted by atomic mass is 31.2. The largest absolute Gasteiger partial charge is 0.383 e. The third kappa shape index (κ3) is 24.0. The number of H-pyrrole nitrogens is 1. The molecule has 0 radical (unpaired) electrons. The van der Waals surface area contributed by atoms with Crippen molar-refractivity contribution in [3.8, 4) is 0 Å². The summed E-state index contributed by atoms with van der Waals surface area (Å²) >= 11 is 0. The van der Waals surface area contributed by atoms with E-state index in [0.717, 1.165) is 11.1 Å². The highest BCUT2D eigenvalue weighted by Gasteiger charge is 2.52. The van der Waals surface area contributed by atoms with E-state index in [4.69, 9.17) is 70.6 Å². The third-order valence-corrected chi connectivity index (χ3v) is 39.2. The number of morpholine rings is 7. The van der Waals surface area contributed by atoms with E-state index in [1.807, 2.05) is 27.7 Å². The Kier molecular flexibility index (Phi) is 35.2. The topological polar surface area (TPSA) is 410 Å². The fourth-order valence-electron chi connectivity index (χ4n) is 15.3. The number of anilines is 1. The maximum atomic E-state index is 16.2. The number of aromatic nitrogens is 4. The zero-order valence-electron chi connectivity index (χ0n) is 73.1. The van der Waals surface area contributed by atoms with Crippen LogP contribution >= 0.6 is 53.5 Å². The van der Waals surface area contributed by atoms with E-state index < -0.39 is 157 Å². The number of hydrogen-bond donors (Lipinski definition) is 2. The number of aryl methyl sites for hydroxylation is 1. The smallest absolute Gasteiger partial charge is 0.351 e. The minimum atomic E-state index is -4.38. The van der Waals surface area contributed by atoms with Gasteiger partial charge in [-0.05, 0) is 160 Å².